The average Bonchev–Trinajstić information content (AvgIpc) is 3.05. The van der Waals surface area contributed by atoms with Crippen LogP contribution >= 0.6 is 15.9 Å². The minimum absolute atomic E-state index is 0.0385. The number of aromatic amines is 1. The molecule has 3 aromatic heterocycles. The molecule has 3 aromatic rings. The van der Waals surface area contributed by atoms with Crippen molar-refractivity contribution in [2.45, 2.75) is 6.61 Å². The van der Waals surface area contributed by atoms with Crippen LogP contribution in [0.5, 0.6) is 5.88 Å². The molecule has 1 N–H and O–H groups in total. The maximum Gasteiger partial charge on any atom is 0.369 e. The first-order valence-electron chi connectivity index (χ1n) is 6.17. The zero-order valence-corrected chi connectivity index (χ0v) is 12.3. The van der Waals surface area contributed by atoms with E-state index in [2.05, 4.69) is 41.4 Å². The normalized spacial score (nSPS) is 11.4. The average molecular weight is 355 g/mol. The Morgan fingerprint density at radius 1 is 1.48 bits per heavy atom. The van der Waals surface area contributed by atoms with Crippen LogP contribution in [0.15, 0.2) is 28.0 Å². The van der Waals surface area contributed by atoms with Gasteiger partial charge in [-0.05, 0) is 26.4 Å². The maximum absolute atomic E-state index is 12.0. The zero-order valence-electron chi connectivity index (χ0n) is 11.7. The van der Waals surface area contributed by atoms with Gasteiger partial charge < -0.3 is 4.74 Å². The molecular weight excluding hydrogens is 344 g/mol. The van der Waals surface area contributed by atoms with Gasteiger partial charge in [-0.25, -0.2) is 14.8 Å². The molecule has 0 amide bonds. The molecule has 0 saturated heterocycles. The Morgan fingerprint density at radius 3 is 3.00 bits per heavy atom. The van der Waals surface area contributed by atoms with Gasteiger partial charge in [-0.3, -0.25) is 5.09 Å². The van der Waals surface area contributed by atoms with E-state index in [1.165, 1.54) is 19.6 Å². The lowest BCUT2D eigenvalue weighted by molar-refractivity contribution is 0.291. The van der Waals surface area contributed by atoms with Gasteiger partial charge >= 0.3 is 5.69 Å². The van der Waals surface area contributed by atoms with E-state index in [4.69, 9.17) is 6.15 Å². The number of rotatable bonds is 4. The molecular formula is C10H9BrN8O2. The highest BCUT2D eigenvalue weighted by atomic mass is 79.9. The van der Waals surface area contributed by atoms with Crippen LogP contribution < -0.4 is 10.4 Å². The molecule has 0 bridgehead atoms. The van der Waals surface area contributed by atoms with Crippen molar-refractivity contribution in [1.82, 2.24) is 39.9 Å². The second-order valence-corrected chi connectivity index (χ2v) is 4.67. The van der Waals surface area contributed by atoms with Crippen molar-refractivity contribution < 1.29 is 6.15 Å². The van der Waals surface area contributed by atoms with Crippen LogP contribution in [0, 0.1) is 0 Å². The molecule has 11 heteroatoms. The Bertz CT molecular complexity index is 872. The molecule has 0 radical (unpaired) electrons. The molecule has 10 nitrogen and oxygen atoms in total. The van der Waals surface area contributed by atoms with Gasteiger partial charge in [-0.2, -0.15) is 4.68 Å². The number of aromatic nitrogens is 8. The van der Waals surface area contributed by atoms with E-state index in [-0.39, 0.29) is 18.3 Å². The Hall–Kier alpha value is -2.56. The molecule has 3 rings (SSSR count). The number of tetrazole rings is 1. The number of hydrogen-bond donors (Lipinski definition) is 1. The number of hydrogen-bond acceptors (Lipinski definition) is 7. The summed E-state index contributed by atoms with van der Waals surface area (Å²) in [4.78, 5) is 20.0. The van der Waals surface area contributed by atoms with E-state index < -0.39 is 5.69 Å². The predicted octanol–water partition coefficient (Wildman–Crippen LogP) is -0.179. The molecule has 0 aliphatic rings. The first-order chi connectivity index (χ1) is 10.6. The summed E-state index contributed by atoms with van der Waals surface area (Å²) in [5.41, 5.74) is 0.0620. The number of H-pyrrole nitrogens is 1. The van der Waals surface area contributed by atoms with Crippen molar-refractivity contribution >= 4 is 15.9 Å². The molecule has 108 valence electrons. The number of ether oxygens (including phenoxy) is 1. The Balaban J connectivity index is 1.96. The molecule has 21 heavy (non-hydrogen) atoms. The third-order valence-corrected chi connectivity index (χ3v) is 3.28. The summed E-state index contributed by atoms with van der Waals surface area (Å²) in [5.74, 6) is 0.522. The highest BCUT2D eigenvalue weighted by Crippen LogP contribution is 2.19. The fraction of sp³-hybridized carbons (Fsp3) is 0.200. The number of halogens is 1. The van der Waals surface area contributed by atoms with Crippen molar-refractivity contribution in [3.05, 3.63) is 39.2 Å². The number of nitrogens with zero attached hydrogens (tertiary/aromatic N) is 7. The summed E-state index contributed by atoms with van der Waals surface area (Å²) in [6.45, 7) is 0.0385. The van der Waals surface area contributed by atoms with Crippen LogP contribution in [0.4, 0.5) is 0 Å². The molecule has 0 unspecified atom stereocenters. The van der Waals surface area contributed by atoms with Gasteiger partial charge in [0, 0.05) is 19.3 Å². The first kappa shape index (κ1) is 12.2. The topological polar surface area (TPSA) is 116 Å². The summed E-state index contributed by atoms with van der Waals surface area (Å²) in [7, 11) is 1.49. The fourth-order valence-electron chi connectivity index (χ4n) is 1.58. The van der Waals surface area contributed by atoms with E-state index >= 15 is 0 Å². The van der Waals surface area contributed by atoms with Gasteiger partial charge in [0.15, 0.2) is 7.23 Å². The van der Waals surface area contributed by atoms with E-state index in [0.29, 0.717) is 10.2 Å². The van der Waals surface area contributed by atoms with Gasteiger partial charge in [0.05, 0.1) is 5.56 Å². The van der Waals surface area contributed by atoms with Crippen molar-refractivity contribution in [1.29, 1.82) is 0 Å². The second kappa shape index (κ2) is 5.44. The van der Waals surface area contributed by atoms with Gasteiger partial charge in [0.2, 0.25) is 5.88 Å². The van der Waals surface area contributed by atoms with Crippen LogP contribution in [-0.2, 0) is 13.7 Å². The summed E-state index contributed by atoms with van der Waals surface area (Å²) < 4.78 is 15.3. The summed E-state index contributed by atoms with van der Waals surface area (Å²) in [5, 5.41) is 12.1. The monoisotopic (exact) mass is 354 g/mol. The van der Waals surface area contributed by atoms with Crippen LogP contribution in [-0.4, -0.2) is 39.9 Å². The summed E-state index contributed by atoms with van der Waals surface area (Å²) >= 11 is 3.29. The van der Waals surface area contributed by atoms with Crippen LogP contribution in [0.25, 0.3) is 5.82 Å². The molecule has 0 spiro atoms. The number of nitrogens with one attached hydrogen (secondary N) is 1. The quantitative estimate of drug-likeness (QED) is 0.646. The largest absolute Gasteiger partial charge is 0.471 e. The van der Waals surface area contributed by atoms with Gasteiger partial charge in [-0.1, -0.05) is 0 Å². The Labute approximate surface area is 127 Å². The standard InChI is InChI=1S/C10H9BrN8O2/c1-18-10(20)19(17-16-18)9-6(8(11)12-5-13-9)4-21-7-2-3-14-15-7/h2-3,5H,4H2,1H3,(H,14,15)/i/hT. The third-order valence-electron chi connectivity index (χ3n) is 2.60. The molecule has 3 heterocycles. The van der Waals surface area contributed by atoms with E-state index in [1.807, 2.05) is 0 Å². The van der Waals surface area contributed by atoms with Gasteiger partial charge in [-0.15, -0.1) is 9.78 Å². The maximum atomic E-state index is 12.0. The lowest BCUT2D eigenvalue weighted by atomic mass is 10.3. The molecule has 0 fully saturated rings. The van der Waals surface area contributed by atoms with Crippen molar-refractivity contribution in [3.8, 4) is 11.7 Å². The van der Waals surface area contributed by atoms with Crippen LogP contribution in [0.2, 0.25) is 1.41 Å². The predicted molar refractivity (Wildman–Crippen MR) is 72.8 cm³/mol. The summed E-state index contributed by atoms with van der Waals surface area (Å²) in [6.07, 6.45) is 2.72. The molecule has 0 aliphatic heterocycles. The lowest BCUT2D eigenvalue weighted by Crippen LogP contribution is -2.24. The smallest absolute Gasteiger partial charge is 0.369 e. The molecule has 0 atom stereocenters. The highest BCUT2D eigenvalue weighted by Gasteiger charge is 2.16. The highest BCUT2D eigenvalue weighted by molar-refractivity contribution is 9.10. The Kier molecular flexibility index (Phi) is 3.16. The third kappa shape index (κ3) is 2.54. The van der Waals surface area contributed by atoms with E-state index in [1.54, 1.807) is 6.07 Å². The molecule has 0 aliphatic carbocycles. The Morgan fingerprint density at radius 2 is 2.33 bits per heavy atom. The lowest BCUT2D eigenvalue weighted by Gasteiger charge is -2.08. The first-order valence-corrected chi connectivity index (χ1v) is 6.52. The van der Waals surface area contributed by atoms with E-state index in [0.717, 1.165) is 14.5 Å². The van der Waals surface area contributed by atoms with Crippen molar-refractivity contribution in [3.63, 3.8) is 0 Å². The molecule has 0 saturated carbocycles. The second-order valence-electron chi connectivity index (χ2n) is 3.92. The number of aryl methyl sites for hydroxylation is 1. The van der Waals surface area contributed by atoms with Crippen LogP contribution in [0.3, 0.4) is 0 Å². The SMILES string of the molecule is [3H]n1ccc(OCc2c(Br)ncnc2-n2nnn(C)c2=O)n1. The minimum atomic E-state index is -0.442. The van der Waals surface area contributed by atoms with Crippen molar-refractivity contribution in [2.75, 3.05) is 0 Å². The fourth-order valence-corrected chi connectivity index (χ4v) is 1.96. The minimum Gasteiger partial charge on any atom is -0.471 e. The van der Waals surface area contributed by atoms with Gasteiger partial charge in [0.1, 0.15) is 17.5 Å². The van der Waals surface area contributed by atoms with E-state index in [9.17, 15) is 4.79 Å². The van der Waals surface area contributed by atoms with Crippen molar-refractivity contribution in [2.24, 2.45) is 7.05 Å². The zero-order chi connectivity index (χ0) is 15.7. The van der Waals surface area contributed by atoms with Crippen LogP contribution in [0.1, 0.15) is 5.56 Å². The summed E-state index contributed by atoms with van der Waals surface area (Å²) in [6, 6.07) is 1.54. The molecule has 0 aromatic carbocycles. The van der Waals surface area contributed by atoms with Gasteiger partial charge in [0.25, 0.3) is 0 Å².